The minimum absolute atomic E-state index is 0.0818. The van der Waals surface area contributed by atoms with Gasteiger partial charge >= 0.3 is 0 Å². The van der Waals surface area contributed by atoms with Gasteiger partial charge in [0, 0.05) is 24.2 Å². The molecule has 8 nitrogen and oxygen atoms in total. The molecule has 0 saturated carbocycles. The van der Waals surface area contributed by atoms with Gasteiger partial charge in [0.15, 0.2) is 17.2 Å². The molecule has 10 heteroatoms. The van der Waals surface area contributed by atoms with Gasteiger partial charge in [0.1, 0.15) is 29.4 Å². The molecule has 0 aliphatic carbocycles. The highest BCUT2D eigenvalue weighted by atomic mass is 19.1. The van der Waals surface area contributed by atoms with Crippen molar-refractivity contribution in [3.63, 3.8) is 0 Å². The quantitative estimate of drug-likeness (QED) is 0.400. The molecule has 4 aromatic rings. The number of carbonyl (C=O) groups excluding carboxylic acids is 1. The smallest absolute Gasteiger partial charge is 0.246 e. The second-order valence-electron chi connectivity index (χ2n) is 8.73. The van der Waals surface area contributed by atoms with Crippen LogP contribution in [0.4, 0.5) is 14.6 Å². The number of aromatic nitrogens is 4. The van der Waals surface area contributed by atoms with Gasteiger partial charge in [-0.15, -0.1) is 0 Å². The molecule has 2 aromatic heterocycles. The number of anilines is 1. The number of nitrogen functional groups attached to an aromatic ring is 1. The Bertz CT molecular complexity index is 1450. The number of nitrogens with two attached hydrogens (primary N) is 1. The first-order valence-electron chi connectivity index (χ1n) is 11.5. The van der Waals surface area contributed by atoms with Crippen molar-refractivity contribution in [3.05, 3.63) is 73.1 Å². The number of fused-ring (bicyclic) bond motifs is 1. The molecular weight excluding hydrogens is 466 g/mol. The van der Waals surface area contributed by atoms with Gasteiger partial charge in [-0.1, -0.05) is 6.58 Å². The van der Waals surface area contributed by atoms with Crippen molar-refractivity contribution in [1.82, 2.24) is 24.6 Å². The topological polar surface area (TPSA) is 99.2 Å². The SMILES string of the molecule is C=CC(=O)N1CC(n2nc(-c3ccc(Oc4ccc(F)cc4F)cc3)c3c(N)ncnc32)CC[C@H]1C. The van der Waals surface area contributed by atoms with Crippen molar-refractivity contribution >= 4 is 22.8 Å². The maximum absolute atomic E-state index is 14.0. The average molecular weight is 491 g/mol. The molecule has 0 bridgehead atoms. The molecule has 1 unspecified atom stereocenters. The van der Waals surface area contributed by atoms with E-state index in [1.165, 1.54) is 18.5 Å². The van der Waals surface area contributed by atoms with Gasteiger partial charge in [0.2, 0.25) is 5.91 Å². The molecule has 0 spiro atoms. The Labute approximate surface area is 206 Å². The molecule has 1 fully saturated rings. The van der Waals surface area contributed by atoms with E-state index in [9.17, 15) is 13.6 Å². The maximum atomic E-state index is 14.0. The van der Waals surface area contributed by atoms with Crippen molar-refractivity contribution in [1.29, 1.82) is 0 Å². The maximum Gasteiger partial charge on any atom is 0.246 e. The van der Waals surface area contributed by atoms with Crippen molar-refractivity contribution in [2.45, 2.75) is 31.8 Å². The van der Waals surface area contributed by atoms with E-state index in [0.717, 1.165) is 30.5 Å². The van der Waals surface area contributed by atoms with Crippen molar-refractivity contribution in [2.24, 2.45) is 0 Å². The Kier molecular flexibility index (Phi) is 6.09. The van der Waals surface area contributed by atoms with E-state index in [1.807, 2.05) is 11.6 Å². The fourth-order valence-electron chi connectivity index (χ4n) is 4.53. The van der Waals surface area contributed by atoms with Crippen LogP contribution in [0.2, 0.25) is 0 Å². The Morgan fingerprint density at radius 1 is 1.17 bits per heavy atom. The zero-order valence-electron chi connectivity index (χ0n) is 19.6. The minimum atomic E-state index is -0.792. The number of carbonyl (C=O) groups is 1. The van der Waals surface area contributed by atoms with Crippen LogP contribution < -0.4 is 10.5 Å². The van der Waals surface area contributed by atoms with Crippen molar-refractivity contribution in [3.8, 4) is 22.8 Å². The van der Waals surface area contributed by atoms with Crippen molar-refractivity contribution < 1.29 is 18.3 Å². The number of hydrogen-bond donors (Lipinski definition) is 1. The molecule has 3 heterocycles. The Morgan fingerprint density at radius 2 is 1.94 bits per heavy atom. The molecule has 0 radical (unpaired) electrons. The van der Waals surface area contributed by atoms with Gasteiger partial charge in [0.25, 0.3) is 0 Å². The summed E-state index contributed by atoms with van der Waals surface area (Å²) in [6, 6.07) is 10.00. The standard InChI is InChI=1S/C26H24F2N6O2/c1-3-22(35)33-13-18(8-4-15(33)2)34-26-23(25(29)30-14-31-26)24(32-34)16-5-9-19(10-6-16)36-21-11-7-17(27)12-20(21)28/h3,5-7,9-12,14-15,18H,1,4,8,13H2,2H3,(H2,29,30,31)/t15-,18?/m1/s1. The van der Waals surface area contributed by atoms with E-state index in [2.05, 4.69) is 16.5 Å². The largest absolute Gasteiger partial charge is 0.454 e. The van der Waals surface area contributed by atoms with Gasteiger partial charge in [-0.05, 0) is 62.2 Å². The number of amides is 1. The van der Waals surface area contributed by atoms with Crippen LogP contribution in [0.1, 0.15) is 25.8 Å². The van der Waals surface area contributed by atoms with E-state index in [1.54, 1.807) is 29.2 Å². The monoisotopic (exact) mass is 490 g/mol. The summed E-state index contributed by atoms with van der Waals surface area (Å²) in [6.45, 7) is 6.11. The van der Waals surface area contributed by atoms with Crippen LogP contribution in [-0.4, -0.2) is 43.1 Å². The van der Waals surface area contributed by atoms with Gasteiger partial charge in [0.05, 0.1) is 11.4 Å². The first kappa shape index (κ1) is 23.4. The Morgan fingerprint density at radius 3 is 2.67 bits per heavy atom. The number of ether oxygens (including phenoxy) is 1. The van der Waals surface area contributed by atoms with Crippen molar-refractivity contribution in [2.75, 3.05) is 12.3 Å². The number of rotatable bonds is 5. The molecule has 1 saturated heterocycles. The molecule has 5 rings (SSSR count). The fourth-order valence-corrected chi connectivity index (χ4v) is 4.53. The van der Waals surface area contributed by atoms with Crippen LogP contribution >= 0.6 is 0 Å². The zero-order valence-corrected chi connectivity index (χ0v) is 19.6. The molecule has 184 valence electrons. The number of nitrogens with zero attached hydrogens (tertiary/aromatic N) is 5. The Balaban J connectivity index is 1.49. The molecule has 2 N–H and O–H groups in total. The van der Waals surface area contributed by atoms with E-state index >= 15 is 0 Å². The number of likely N-dealkylation sites (tertiary alicyclic amines) is 1. The van der Waals surface area contributed by atoms with E-state index in [0.29, 0.717) is 29.0 Å². The Hall–Kier alpha value is -4.34. The highest BCUT2D eigenvalue weighted by molar-refractivity contribution is 5.98. The fraction of sp³-hybridized carbons (Fsp3) is 0.231. The molecular formula is C26H24F2N6O2. The van der Waals surface area contributed by atoms with Crippen LogP contribution in [0.3, 0.4) is 0 Å². The van der Waals surface area contributed by atoms with E-state index in [4.69, 9.17) is 15.6 Å². The zero-order chi connectivity index (χ0) is 25.4. The molecule has 1 aliphatic heterocycles. The summed E-state index contributed by atoms with van der Waals surface area (Å²) >= 11 is 0. The minimum Gasteiger partial charge on any atom is -0.454 e. The summed E-state index contributed by atoms with van der Waals surface area (Å²) in [5.41, 5.74) is 8.14. The lowest BCUT2D eigenvalue weighted by atomic mass is 9.99. The van der Waals surface area contributed by atoms with Gasteiger partial charge in [-0.3, -0.25) is 4.79 Å². The van der Waals surface area contributed by atoms with Crippen LogP contribution in [0.25, 0.3) is 22.3 Å². The second kappa shape index (κ2) is 9.37. The highest BCUT2D eigenvalue weighted by Crippen LogP contribution is 2.36. The molecule has 1 aliphatic rings. The number of hydrogen-bond acceptors (Lipinski definition) is 6. The number of piperidine rings is 1. The first-order chi connectivity index (χ1) is 17.4. The summed E-state index contributed by atoms with van der Waals surface area (Å²) in [4.78, 5) is 22.8. The molecule has 2 aromatic carbocycles. The summed E-state index contributed by atoms with van der Waals surface area (Å²) in [7, 11) is 0. The predicted molar refractivity (Wildman–Crippen MR) is 131 cm³/mol. The van der Waals surface area contributed by atoms with Crippen LogP contribution in [0.5, 0.6) is 11.5 Å². The van der Waals surface area contributed by atoms with Crippen LogP contribution in [-0.2, 0) is 4.79 Å². The molecule has 2 atom stereocenters. The van der Waals surface area contributed by atoms with Gasteiger partial charge in [-0.25, -0.2) is 23.4 Å². The molecule has 1 amide bonds. The highest BCUT2D eigenvalue weighted by Gasteiger charge is 2.31. The lowest BCUT2D eigenvalue weighted by molar-refractivity contribution is -0.130. The van der Waals surface area contributed by atoms with Crippen LogP contribution in [0.15, 0.2) is 61.4 Å². The number of halogens is 2. The van der Waals surface area contributed by atoms with Crippen LogP contribution in [0, 0.1) is 11.6 Å². The third-order valence-corrected chi connectivity index (χ3v) is 6.43. The predicted octanol–water partition coefficient (Wildman–Crippen LogP) is 4.88. The summed E-state index contributed by atoms with van der Waals surface area (Å²) in [5.74, 6) is -1.01. The lowest BCUT2D eigenvalue weighted by Gasteiger charge is -2.37. The first-order valence-corrected chi connectivity index (χ1v) is 11.5. The van der Waals surface area contributed by atoms with Gasteiger partial charge in [-0.2, -0.15) is 5.10 Å². The summed E-state index contributed by atoms with van der Waals surface area (Å²) < 4.78 is 34.5. The molecule has 36 heavy (non-hydrogen) atoms. The summed E-state index contributed by atoms with van der Waals surface area (Å²) in [5, 5.41) is 5.46. The lowest BCUT2D eigenvalue weighted by Crippen LogP contribution is -2.45. The van der Waals surface area contributed by atoms with Gasteiger partial charge < -0.3 is 15.4 Å². The van der Waals surface area contributed by atoms with E-state index in [-0.39, 0.29) is 29.6 Å². The number of benzene rings is 2. The normalized spacial score (nSPS) is 17.8. The summed E-state index contributed by atoms with van der Waals surface area (Å²) in [6.07, 6.45) is 4.35. The second-order valence-corrected chi connectivity index (χ2v) is 8.73. The average Bonchev–Trinajstić information content (AvgIpc) is 3.27. The third kappa shape index (κ3) is 4.26. The van der Waals surface area contributed by atoms with E-state index < -0.39 is 11.6 Å². The third-order valence-electron chi connectivity index (χ3n) is 6.43.